The average molecular weight is 277 g/mol. The van der Waals surface area contributed by atoms with Crippen molar-refractivity contribution in [3.63, 3.8) is 0 Å². The fraction of sp³-hybridized carbons (Fsp3) is 0.538. The molecular formula is C13H18F3NO2. The number of halogens is 3. The molecule has 0 spiro atoms. The Morgan fingerprint density at radius 1 is 1.21 bits per heavy atom. The van der Waals surface area contributed by atoms with Crippen LogP contribution in [0.15, 0.2) is 24.3 Å². The average Bonchev–Trinajstić information content (AvgIpc) is 2.37. The van der Waals surface area contributed by atoms with Crippen LogP contribution in [0.2, 0.25) is 0 Å². The molecule has 0 saturated carbocycles. The second kappa shape index (κ2) is 6.77. The number of nitrogens with one attached hydrogen (secondary N) is 1. The molecule has 0 aliphatic rings. The highest BCUT2D eigenvalue weighted by Crippen LogP contribution is 2.28. The molecule has 0 fully saturated rings. The summed E-state index contributed by atoms with van der Waals surface area (Å²) in [6.07, 6.45) is -6.83. The maximum absolute atomic E-state index is 12.5. The minimum Gasteiger partial charge on any atom is -0.497 e. The maximum Gasteiger partial charge on any atom is 0.414 e. The lowest BCUT2D eigenvalue weighted by Crippen LogP contribution is -2.32. The zero-order valence-corrected chi connectivity index (χ0v) is 11.1. The normalized spacial score (nSPS) is 15.1. The molecule has 108 valence electrons. The zero-order chi connectivity index (χ0) is 14.5. The van der Waals surface area contributed by atoms with E-state index in [1.54, 1.807) is 31.3 Å². The molecule has 0 aliphatic heterocycles. The largest absolute Gasteiger partial charge is 0.497 e. The topological polar surface area (TPSA) is 30.5 Å². The molecule has 6 heteroatoms. The molecule has 1 aromatic rings. The Morgan fingerprint density at radius 2 is 1.79 bits per heavy atom. The van der Waals surface area contributed by atoms with Gasteiger partial charge in [0.05, 0.1) is 13.2 Å². The van der Waals surface area contributed by atoms with Crippen molar-refractivity contribution in [1.82, 2.24) is 5.32 Å². The minimum absolute atomic E-state index is 0.298. The Morgan fingerprint density at radius 3 is 2.21 bits per heavy atom. The summed E-state index contributed by atoms with van der Waals surface area (Å²) < 4.78 is 47.7. The van der Waals surface area contributed by atoms with Crippen LogP contribution in [0.3, 0.4) is 0 Å². The molecule has 2 atom stereocenters. The Bertz CT molecular complexity index is 378. The van der Waals surface area contributed by atoms with Gasteiger partial charge in [0, 0.05) is 6.54 Å². The first-order chi connectivity index (χ1) is 8.88. The third-order valence-electron chi connectivity index (χ3n) is 2.71. The lowest BCUT2D eigenvalue weighted by Gasteiger charge is -2.24. The number of hydrogen-bond acceptors (Lipinski definition) is 3. The van der Waals surface area contributed by atoms with Crippen LogP contribution in [0.1, 0.15) is 18.6 Å². The summed E-state index contributed by atoms with van der Waals surface area (Å²) in [6.45, 7) is 1.30. The second-order valence-electron chi connectivity index (χ2n) is 4.14. The van der Waals surface area contributed by atoms with E-state index in [2.05, 4.69) is 5.32 Å². The fourth-order valence-electron chi connectivity index (χ4n) is 1.57. The van der Waals surface area contributed by atoms with E-state index in [1.165, 1.54) is 7.11 Å². The van der Waals surface area contributed by atoms with E-state index in [4.69, 9.17) is 9.47 Å². The Hall–Kier alpha value is -1.27. The lowest BCUT2D eigenvalue weighted by atomic mass is 10.1. The third kappa shape index (κ3) is 4.72. The minimum atomic E-state index is -4.36. The quantitative estimate of drug-likeness (QED) is 0.867. The highest BCUT2D eigenvalue weighted by atomic mass is 19.4. The molecule has 0 bridgehead atoms. The molecule has 0 aromatic heterocycles. The number of benzene rings is 1. The van der Waals surface area contributed by atoms with Gasteiger partial charge in [-0.25, -0.2) is 0 Å². The molecule has 0 saturated heterocycles. The van der Waals surface area contributed by atoms with Crippen LogP contribution in [0, 0.1) is 0 Å². The summed E-state index contributed by atoms with van der Waals surface area (Å²) in [5.74, 6) is 0.649. The van der Waals surface area contributed by atoms with Crippen LogP contribution in [0.4, 0.5) is 13.2 Å². The van der Waals surface area contributed by atoms with Gasteiger partial charge in [0.15, 0.2) is 6.10 Å². The zero-order valence-electron chi connectivity index (χ0n) is 11.1. The van der Waals surface area contributed by atoms with E-state index < -0.39 is 18.4 Å². The van der Waals surface area contributed by atoms with Gasteiger partial charge in [-0.3, -0.25) is 0 Å². The van der Waals surface area contributed by atoms with Crippen LogP contribution in [0.25, 0.3) is 0 Å². The number of ether oxygens (including phenoxy) is 2. The third-order valence-corrected chi connectivity index (χ3v) is 2.71. The smallest absolute Gasteiger partial charge is 0.414 e. The van der Waals surface area contributed by atoms with E-state index in [1.807, 2.05) is 0 Å². The van der Waals surface area contributed by atoms with Gasteiger partial charge in [-0.05, 0) is 31.7 Å². The Labute approximate surface area is 110 Å². The first kappa shape index (κ1) is 15.8. The summed E-state index contributed by atoms with van der Waals surface area (Å²) in [5, 5.41) is 2.83. The van der Waals surface area contributed by atoms with Crippen molar-refractivity contribution in [1.29, 1.82) is 0 Å². The highest BCUT2D eigenvalue weighted by molar-refractivity contribution is 5.28. The predicted octanol–water partition coefficient (Wildman–Crippen LogP) is 2.92. The summed E-state index contributed by atoms with van der Waals surface area (Å²) >= 11 is 0. The highest BCUT2D eigenvalue weighted by Gasteiger charge is 2.38. The van der Waals surface area contributed by atoms with Gasteiger partial charge in [0.25, 0.3) is 0 Å². The van der Waals surface area contributed by atoms with Gasteiger partial charge in [0.1, 0.15) is 5.75 Å². The van der Waals surface area contributed by atoms with Crippen molar-refractivity contribution >= 4 is 0 Å². The Kier molecular flexibility index (Phi) is 5.62. The standard InChI is InChI=1S/C13H18F3NO2/c1-9(13(14,15)16)19-12(8-17-2)10-4-6-11(18-3)7-5-10/h4-7,9,12,17H,8H2,1-3H3. The SMILES string of the molecule is CNCC(OC(C)C(F)(F)F)c1ccc(OC)cc1. The van der Waals surface area contributed by atoms with E-state index in [9.17, 15) is 13.2 Å². The van der Waals surface area contributed by atoms with Gasteiger partial charge in [-0.2, -0.15) is 13.2 Å². The van der Waals surface area contributed by atoms with Crippen molar-refractivity contribution in [2.24, 2.45) is 0 Å². The second-order valence-corrected chi connectivity index (χ2v) is 4.14. The molecule has 1 rings (SSSR count). The molecule has 0 aliphatic carbocycles. The predicted molar refractivity (Wildman–Crippen MR) is 66.3 cm³/mol. The van der Waals surface area contributed by atoms with Gasteiger partial charge in [0.2, 0.25) is 0 Å². The molecule has 19 heavy (non-hydrogen) atoms. The van der Waals surface area contributed by atoms with Crippen molar-refractivity contribution in [2.75, 3.05) is 20.7 Å². The number of hydrogen-bond donors (Lipinski definition) is 1. The summed E-state index contributed by atoms with van der Waals surface area (Å²) in [4.78, 5) is 0. The summed E-state index contributed by atoms with van der Waals surface area (Å²) in [5.41, 5.74) is 0.672. The monoisotopic (exact) mass is 277 g/mol. The molecule has 0 heterocycles. The maximum atomic E-state index is 12.5. The molecule has 3 nitrogen and oxygen atoms in total. The Balaban J connectivity index is 2.81. The molecule has 1 aromatic carbocycles. The van der Waals surface area contributed by atoms with Crippen LogP contribution in [0.5, 0.6) is 5.75 Å². The van der Waals surface area contributed by atoms with Crippen molar-refractivity contribution < 1.29 is 22.6 Å². The number of methoxy groups -OCH3 is 1. The van der Waals surface area contributed by atoms with E-state index in [-0.39, 0.29) is 0 Å². The molecule has 1 N–H and O–H groups in total. The first-order valence-electron chi connectivity index (χ1n) is 5.89. The summed E-state index contributed by atoms with van der Waals surface area (Å²) in [6, 6.07) is 6.78. The lowest BCUT2D eigenvalue weighted by molar-refractivity contribution is -0.227. The van der Waals surface area contributed by atoms with E-state index in [0.29, 0.717) is 17.9 Å². The summed E-state index contributed by atoms with van der Waals surface area (Å²) in [7, 11) is 3.19. The molecule has 2 unspecified atom stereocenters. The van der Waals surface area contributed by atoms with Gasteiger partial charge in [-0.1, -0.05) is 12.1 Å². The van der Waals surface area contributed by atoms with E-state index in [0.717, 1.165) is 6.92 Å². The first-order valence-corrected chi connectivity index (χ1v) is 5.89. The number of alkyl halides is 3. The van der Waals surface area contributed by atoms with E-state index >= 15 is 0 Å². The fourth-order valence-corrected chi connectivity index (χ4v) is 1.57. The van der Waals surface area contributed by atoms with Gasteiger partial charge >= 0.3 is 6.18 Å². The molecular weight excluding hydrogens is 259 g/mol. The van der Waals surface area contributed by atoms with Gasteiger partial charge in [-0.15, -0.1) is 0 Å². The number of rotatable bonds is 6. The van der Waals surface area contributed by atoms with Crippen LogP contribution in [-0.2, 0) is 4.74 Å². The molecule has 0 radical (unpaired) electrons. The van der Waals surface area contributed by atoms with Crippen LogP contribution < -0.4 is 10.1 Å². The van der Waals surface area contributed by atoms with Crippen LogP contribution in [-0.4, -0.2) is 33.0 Å². The molecule has 0 amide bonds. The van der Waals surface area contributed by atoms with Gasteiger partial charge < -0.3 is 14.8 Å². The van der Waals surface area contributed by atoms with Crippen molar-refractivity contribution in [3.05, 3.63) is 29.8 Å². The number of likely N-dealkylation sites (N-methyl/N-ethyl adjacent to an activating group) is 1. The van der Waals surface area contributed by atoms with Crippen molar-refractivity contribution in [2.45, 2.75) is 25.3 Å². The van der Waals surface area contributed by atoms with Crippen molar-refractivity contribution in [3.8, 4) is 5.75 Å². The van der Waals surface area contributed by atoms with Crippen LogP contribution >= 0.6 is 0 Å².